The molecular weight excluding hydrogens is 376 g/mol. The molecule has 0 aliphatic carbocycles. The highest BCUT2D eigenvalue weighted by Crippen LogP contribution is 2.14. The molecule has 0 bridgehead atoms. The Bertz CT molecular complexity index is 582. The van der Waals surface area contributed by atoms with E-state index in [1.807, 2.05) is 6.92 Å². The van der Waals surface area contributed by atoms with Crippen molar-refractivity contribution >= 4 is 11.9 Å². The first-order valence-electron chi connectivity index (χ1n) is 12.1. The number of esters is 2. The van der Waals surface area contributed by atoms with Gasteiger partial charge in [-0.3, -0.25) is 0 Å². The summed E-state index contributed by atoms with van der Waals surface area (Å²) in [5, 5.41) is 0. The van der Waals surface area contributed by atoms with Gasteiger partial charge in [0.15, 0.2) is 0 Å². The SMILES string of the molecule is CCCCCCCCCCCCCCCOC(=O)c1ccccc1C(=O)OCCC. The van der Waals surface area contributed by atoms with Gasteiger partial charge in [0.25, 0.3) is 0 Å². The molecule has 1 aromatic rings. The Morgan fingerprint density at radius 2 is 0.967 bits per heavy atom. The second-order valence-electron chi connectivity index (χ2n) is 8.06. The van der Waals surface area contributed by atoms with E-state index in [4.69, 9.17) is 9.47 Å². The van der Waals surface area contributed by atoms with Gasteiger partial charge in [0.1, 0.15) is 0 Å². The lowest BCUT2D eigenvalue weighted by Crippen LogP contribution is -2.14. The van der Waals surface area contributed by atoms with Gasteiger partial charge < -0.3 is 9.47 Å². The van der Waals surface area contributed by atoms with Gasteiger partial charge in [-0.2, -0.15) is 0 Å². The minimum absolute atomic E-state index is 0.279. The highest BCUT2D eigenvalue weighted by molar-refractivity contribution is 6.03. The average molecular weight is 419 g/mol. The topological polar surface area (TPSA) is 52.6 Å². The van der Waals surface area contributed by atoms with Gasteiger partial charge in [-0.25, -0.2) is 9.59 Å². The molecule has 170 valence electrons. The molecule has 0 unspecified atom stereocenters. The highest BCUT2D eigenvalue weighted by atomic mass is 16.5. The highest BCUT2D eigenvalue weighted by Gasteiger charge is 2.18. The zero-order chi connectivity index (χ0) is 21.9. The molecule has 0 saturated heterocycles. The standard InChI is InChI=1S/C26H42O4/c1-3-5-6-7-8-9-10-11-12-13-14-15-18-22-30-26(28)24-20-17-16-19-23(24)25(27)29-21-4-2/h16-17,19-20H,3-15,18,21-22H2,1-2H3. The summed E-state index contributed by atoms with van der Waals surface area (Å²) in [4.78, 5) is 24.4. The molecule has 0 radical (unpaired) electrons. The summed E-state index contributed by atoms with van der Waals surface area (Å²) in [6.45, 7) is 4.94. The van der Waals surface area contributed by atoms with Crippen LogP contribution in [-0.2, 0) is 9.47 Å². The summed E-state index contributed by atoms with van der Waals surface area (Å²) in [6.07, 6.45) is 17.4. The maximum absolute atomic E-state index is 12.3. The second kappa shape index (κ2) is 18.0. The lowest BCUT2D eigenvalue weighted by atomic mass is 10.0. The molecule has 0 saturated carbocycles. The third-order valence-corrected chi connectivity index (χ3v) is 5.29. The van der Waals surface area contributed by atoms with Crippen LogP contribution in [0.1, 0.15) is 124 Å². The fourth-order valence-corrected chi connectivity index (χ4v) is 3.47. The van der Waals surface area contributed by atoms with E-state index in [1.165, 1.54) is 70.6 Å². The van der Waals surface area contributed by atoms with E-state index < -0.39 is 11.9 Å². The molecule has 0 fully saturated rings. The Kier molecular flexibility index (Phi) is 15.7. The molecule has 0 amide bonds. The number of hydrogen-bond acceptors (Lipinski definition) is 4. The number of unbranched alkanes of at least 4 members (excludes halogenated alkanes) is 12. The Hall–Kier alpha value is -1.84. The normalized spacial score (nSPS) is 10.7. The van der Waals surface area contributed by atoms with E-state index in [9.17, 15) is 9.59 Å². The van der Waals surface area contributed by atoms with E-state index >= 15 is 0 Å². The summed E-state index contributed by atoms with van der Waals surface area (Å²) in [5.41, 5.74) is 0.564. The van der Waals surface area contributed by atoms with E-state index in [2.05, 4.69) is 6.92 Å². The van der Waals surface area contributed by atoms with Crippen molar-refractivity contribution < 1.29 is 19.1 Å². The Morgan fingerprint density at radius 1 is 0.567 bits per heavy atom. The van der Waals surface area contributed by atoms with Crippen molar-refractivity contribution in [2.75, 3.05) is 13.2 Å². The van der Waals surface area contributed by atoms with Crippen LogP contribution in [0.15, 0.2) is 24.3 Å². The largest absolute Gasteiger partial charge is 0.462 e. The number of rotatable bonds is 18. The smallest absolute Gasteiger partial charge is 0.339 e. The summed E-state index contributed by atoms with van der Waals surface area (Å²) >= 11 is 0. The van der Waals surface area contributed by atoms with Crippen molar-refractivity contribution in [1.82, 2.24) is 0 Å². The van der Waals surface area contributed by atoms with Crippen molar-refractivity contribution in [2.24, 2.45) is 0 Å². The second-order valence-corrected chi connectivity index (χ2v) is 8.06. The van der Waals surface area contributed by atoms with Crippen LogP contribution < -0.4 is 0 Å². The average Bonchev–Trinajstić information content (AvgIpc) is 2.77. The fraction of sp³-hybridized carbons (Fsp3) is 0.692. The fourth-order valence-electron chi connectivity index (χ4n) is 3.47. The lowest BCUT2D eigenvalue weighted by Gasteiger charge is -2.09. The minimum atomic E-state index is -0.467. The van der Waals surface area contributed by atoms with Crippen LogP contribution >= 0.6 is 0 Å². The van der Waals surface area contributed by atoms with Gasteiger partial charge in [0.2, 0.25) is 0 Å². The third-order valence-electron chi connectivity index (χ3n) is 5.29. The van der Waals surface area contributed by atoms with Crippen LogP contribution in [0.2, 0.25) is 0 Å². The van der Waals surface area contributed by atoms with E-state index in [0.29, 0.717) is 13.2 Å². The summed E-state index contributed by atoms with van der Waals surface area (Å²) in [5.74, 6) is -0.914. The van der Waals surface area contributed by atoms with Gasteiger partial charge in [0.05, 0.1) is 24.3 Å². The summed E-state index contributed by atoms with van der Waals surface area (Å²) < 4.78 is 10.5. The minimum Gasteiger partial charge on any atom is -0.462 e. The molecule has 0 spiro atoms. The third kappa shape index (κ3) is 12.0. The number of ether oxygens (including phenoxy) is 2. The van der Waals surface area contributed by atoms with Crippen molar-refractivity contribution in [2.45, 2.75) is 104 Å². The molecule has 0 aliphatic rings. The first-order valence-corrected chi connectivity index (χ1v) is 12.1. The molecule has 0 heterocycles. The molecule has 0 aromatic heterocycles. The lowest BCUT2D eigenvalue weighted by molar-refractivity contribution is 0.0454. The van der Waals surface area contributed by atoms with Crippen molar-refractivity contribution in [3.8, 4) is 0 Å². The number of carbonyl (C=O) groups excluding carboxylic acids is 2. The number of carbonyl (C=O) groups is 2. The zero-order valence-electron chi connectivity index (χ0n) is 19.3. The van der Waals surface area contributed by atoms with Gasteiger partial charge in [-0.15, -0.1) is 0 Å². The predicted molar refractivity (Wildman–Crippen MR) is 123 cm³/mol. The Morgan fingerprint density at radius 3 is 1.40 bits per heavy atom. The van der Waals surface area contributed by atoms with Gasteiger partial charge >= 0.3 is 11.9 Å². The van der Waals surface area contributed by atoms with Crippen molar-refractivity contribution in [3.05, 3.63) is 35.4 Å². The molecule has 0 atom stereocenters. The van der Waals surface area contributed by atoms with Crippen LogP contribution in [0.3, 0.4) is 0 Å². The number of benzene rings is 1. The molecule has 0 N–H and O–H groups in total. The monoisotopic (exact) mass is 418 g/mol. The molecule has 4 nitrogen and oxygen atoms in total. The van der Waals surface area contributed by atoms with Crippen LogP contribution in [0.4, 0.5) is 0 Å². The van der Waals surface area contributed by atoms with Gasteiger partial charge in [0, 0.05) is 0 Å². The first-order chi connectivity index (χ1) is 14.7. The molecule has 4 heteroatoms. The molecular formula is C26H42O4. The predicted octanol–water partition coefficient (Wildman–Crippen LogP) is 7.50. The van der Waals surface area contributed by atoms with Crippen molar-refractivity contribution in [3.63, 3.8) is 0 Å². The quantitative estimate of drug-likeness (QED) is 0.183. The van der Waals surface area contributed by atoms with Crippen LogP contribution in [0.5, 0.6) is 0 Å². The first kappa shape index (κ1) is 26.2. The Labute approximate surface area is 183 Å². The van der Waals surface area contributed by atoms with Crippen LogP contribution in [-0.4, -0.2) is 25.2 Å². The van der Waals surface area contributed by atoms with Gasteiger partial charge in [-0.1, -0.05) is 103 Å². The molecule has 1 aromatic carbocycles. The zero-order valence-corrected chi connectivity index (χ0v) is 19.3. The van der Waals surface area contributed by atoms with Crippen LogP contribution in [0, 0.1) is 0 Å². The number of hydrogen-bond donors (Lipinski definition) is 0. The maximum Gasteiger partial charge on any atom is 0.339 e. The molecule has 1 rings (SSSR count). The van der Waals surface area contributed by atoms with E-state index in [0.717, 1.165) is 19.3 Å². The Balaban J connectivity index is 2.08. The molecule has 0 aliphatic heterocycles. The van der Waals surface area contributed by atoms with E-state index in [-0.39, 0.29) is 11.1 Å². The maximum atomic E-state index is 12.3. The summed E-state index contributed by atoms with van der Waals surface area (Å²) in [7, 11) is 0. The molecule has 30 heavy (non-hydrogen) atoms. The van der Waals surface area contributed by atoms with Crippen LogP contribution in [0.25, 0.3) is 0 Å². The van der Waals surface area contributed by atoms with E-state index in [1.54, 1.807) is 24.3 Å². The summed E-state index contributed by atoms with van der Waals surface area (Å²) in [6, 6.07) is 6.69. The van der Waals surface area contributed by atoms with Crippen molar-refractivity contribution in [1.29, 1.82) is 0 Å². The van der Waals surface area contributed by atoms with Gasteiger partial charge in [-0.05, 0) is 25.0 Å².